The van der Waals surface area contributed by atoms with Gasteiger partial charge >= 0.3 is 5.97 Å². The summed E-state index contributed by atoms with van der Waals surface area (Å²) in [4.78, 5) is 25.0. The SMILES string of the molecule is CCOC(=O)C(C)(C)NCC(=O)N1N=C(c2ccc(Cl)cc2)CC1c1ccco1. The van der Waals surface area contributed by atoms with Gasteiger partial charge in [0.25, 0.3) is 5.91 Å². The van der Waals surface area contributed by atoms with E-state index in [-0.39, 0.29) is 25.1 Å². The molecule has 2 heterocycles. The van der Waals surface area contributed by atoms with Gasteiger partial charge in [-0.3, -0.25) is 14.9 Å². The van der Waals surface area contributed by atoms with Crippen LogP contribution < -0.4 is 5.32 Å². The Labute approximate surface area is 174 Å². The molecule has 1 aromatic heterocycles. The second kappa shape index (κ2) is 8.80. The van der Waals surface area contributed by atoms with Gasteiger partial charge in [-0.05, 0) is 50.6 Å². The van der Waals surface area contributed by atoms with Crippen molar-refractivity contribution in [2.45, 2.75) is 38.8 Å². The van der Waals surface area contributed by atoms with Crippen LogP contribution >= 0.6 is 11.6 Å². The van der Waals surface area contributed by atoms with E-state index >= 15 is 0 Å². The van der Waals surface area contributed by atoms with E-state index in [0.29, 0.717) is 17.2 Å². The minimum absolute atomic E-state index is 0.0690. The molecule has 2 aromatic rings. The summed E-state index contributed by atoms with van der Waals surface area (Å²) in [5, 5.41) is 9.56. The van der Waals surface area contributed by atoms with Crippen LogP contribution in [-0.4, -0.2) is 41.3 Å². The number of halogens is 1. The van der Waals surface area contributed by atoms with Crippen LogP contribution in [-0.2, 0) is 14.3 Å². The fraction of sp³-hybridized carbons (Fsp3) is 0.381. The molecule has 0 saturated carbocycles. The van der Waals surface area contributed by atoms with E-state index in [1.807, 2.05) is 18.2 Å². The standard InChI is InChI=1S/C21H24ClN3O4/c1-4-28-20(27)21(2,3)23-13-19(26)25-17(18-6-5-11-29-18)12-16(24-25)14-7-9-15(22)10-8-14/h5-11,17,23H,4,12-13H2,1-3H3. The van der Waals surface area contributed by atoms with Gasteiger partial charge in [0.15, 0.2) is 0 Å². The predicted octanol–water partition coefficient (Wildman–Crippen LogP) is 3.54. The molecule has 1 amide bonds. The number of amides is 1. The summed E-state index contributed by atoms with van der Waals surface area (Å²) >= 11 is 5.97. The van der Waals surface area contributed by atoms with Gasteiger partial charge in [-0.2, -0.15) is 5.10 Å². The molecule has 1 aliphatic rings. The fourth-order valence-corrected chi connectivity index (χ4v) is 3.15. The number of furan rings is 1. The molecular formula is C21H24ClN3O4. The Bertz CT molecular complexity index is 891. The second-order valence-corrected chi connectivity index (χ2v) is 7.66. The summed E-state index contributed by atoms with van der Waals surface area (Å²) in [5.41, 5.74) is 0.663. The third-order valence-electron chi connectivity index (χ3n) is 4.68. The number of hydrogen-bond donors (Lipinski definition) is 1. The molecule has 3 rings (SSSR count). The van der Waals surface area contributed by atoms with Crippen LogP contribution in [0.4, 0.5) is 0 Å². The smallest absolute Gasteiger partial charge is 0.325 e. The molecule has 0 radical (unpaired) electrons. The number of carbonyl (C=O) groups is 2. The Balaban J connectivity index is 1.78. The van der Waals surface area contributed by atoms with Gasteiger partial charge in [0.05, 0.1) is 25.1 Å². The predicted molar refractivity (Wildman–Crippen MR) is 110 cm³/mol. The first-order valence-corrected chi connectivity index (χ1v) is 9.80. The van der Waals surface area contributed by atoms with Crippen LogP contribution in [0, 0.1) is 0 Å². The molecule has 1 N–H and O–H groups in total. The summed E-state index contributed by atoms with van der Waals surface area (Å²) in [6, 6.07) is 10.6. The lowest BCUT2D eigenvalue weighted by atomic mass is 10.0. The van der Waals surface area contributed by atoms with Crippen molar-refractivity contribution in [3.63, 3.8) is 0 Å². The number of hydrazone groups is 1. The summed E-state index contributed by atoms with van der Waals surface area (Å²) in [5.74, 6) is -0.0365. The molecule has 8 heteroatoms. The van der Waals surface area contributed by atoms with Crippen LogP contribution in [0.5, 0.6) is 0 Å². The highest BCUT2D eigenvalue weighted by atomic mass is 35.5. The second-order valence-electron chi connectivity index (χ2n) is 7.23. The molecule has 0 saturated heterocycles. The zero-order valence-corrected chi connectivity index (χ0v) is 17.4. The van der Waals surface area contributed by atoms with E-state index in [2.05, 4.69) is 10.4 Å². The molecule has 0 fully saturated rings. The van der Waals surface area contributed by atoms with Crippen LogP contribution in [0.1, 0.15) is 44.6 Å². The third-order valence-corrected chi connectivity index (χ3v) is 4.93. The van der Waals surface area contributed by atoms with Crippen molar-refractivity contribution in [1.29, 1.82) is 0 Å². The number of rotatable bonds is 7. The topological polar surface area (TPSA) is 84.1 Å². The molecule has 7 nitrogen and oxygen atoms in total. The Morgan fingerprint density at radius 1 is 1.31 bits per heavy atom. The van der Waals surface area contributed by atoms with E-state index in [0.717, 1.165) is 11.3 Å². The summed E-state index contributed by atoms with van der Waals surface area (Å²) in [6.07, 6.45) is 2.09. The lowest BCUT2D eigenvalue weighted by molar-refractivity contribution is -0.150. The number of nitrogens with zero attached hydrogens (tertiary/aromatic N) is 2. The maximum absolute atomic E-state index is 13.0. The Morgan fingerprint density at radius 3 is 2.66 bits per heavy atom. The number of esters is 1. The van der Waals surface area contributed by atoms with Crippen molar-refractivity contribution < 1.29 is 18.7 Å². The summed E-state index contributed by atoms with van der Waals surface area (Å²) in [7, 11) is 0. The zero-order valence-electron chi connectivity index (χ0n) is 16.6. The van der Waals surface area contributed by atoms with Gasteiger partial charge in [0, 0.05) is 11.4 Å². The third kappa shape index (κ3) is 4.86. The maximum Gasteiger partial charge on any atom is 0.325 e. The fourth-order valence-electron chi connectivity index (χ4n) is 3.02. The van der Waals surface area contributed by atoms with Gasteiger partial charge in [-0.1, -0.05) is 23.7 Å². The van der Waals surface area contributed by atoms with E-state index in [1.165, 1.54) is 5.01 Å². The molecule has 0 bridgehead atoms. The molecule has 0 spiro atoms. The first-order chi connectivity index (χ1) is 13.8. The monoisotopic (exact) mass is 417 g/mol. The van der Waals surface area contributed by atoms with E-state index in [9.17, 15) is 9.59 Å². The van der Waals surface area contributed by atoms with Gasteiger partial charge in [0.1, 0.15) is 17.3 Å². The van der Waals surface area contributed by atoms with Crippen LogP contribution in [0.15, 0.2) is 52.2 Å². The minimum Gasteiger partial charge on any atom is -0.467 e. The van der Waals surface area contributed by atoms with Crippen molar-refractivity contribution >= 4 is 29.2 Å². The highest BCUT2D eigenvalue weighted by Gasteiger charge is 2.36. The van der Waals surface area contributed by atoms with E-state index in [4.69, 9.17) is 20.8 Å². The molecule has 0 aliphatic carbocycles. The number of ether oxygens (including phenoxy) is 1. The normalized spacial score (nSPS) is 16.6. The molecule has 1 atom stereocenters. The largest absolute Gasteiger partial charge is 0.467 e. The summed E-state index contributed by atoms with van der Waals surface area (Å²) in [6.45, 7) is 5.30. The van der Waals surface area contributed by atoms with Crippen molar-refractivity contribution in [3.8, 4) is 0 Å². The molecule has 1 aliphatic heterocycles. The first-order valence-electron chi connectivity index (χ1n) is 9.43. The molecule has 1 aromatic carbocycles. The minimum atomic E-state index is -0.992. The number of nitrogens with one attached hydrogen (secondary N) is 1. The van der Waals surface area contributed by atoms with Gasteiger partial charge in [0.2, 0.25) is 0 Å². The van der Waals surface area contributed by atoms with E-state index < -0.39 is 11.5 Å². The molecule has 154 valence electrons. The molecule has 29 heavy (non-hydrogen) atoms. The van der Waals surface area contributed by atoms with Crippen molar-refractivity contribution in [3.05, 3.63) is 59.0 Å². The maximum atomic E-state index is 13.0. The summed E-state index contributed by atoms with van der Waals surface area (Å²) < 4.78 is 10.6. The average molecular weight is 418 g/mol. The van der Waals surface area contributed by atoms with Gasteiger partial charge in [-0.25, -0.2) is 5.01 Å². The average Bonchev–Trinajstić information content (AvgIpc) is 3.36. The zero-order chi connectivity index (χ0) is 21.0. The lowest BCUT2D eigenvalue weighted by Gasteiger charge is -2.26. The first kappa shape index (κ1) is 21.1. The van der Waals surface area contributed by atoms with Crippen molar-refractivity contribution in [2.75, 3.05) is 13.2 Å². The van der Waals surface area contributed by atoms with Crippen LogP contribution in [0.25, 0.3) is 0 Å². The van der Waals surface area contributed by atoms with Crippen molar-refractivity contribution in [2.24, 2.45) is 5.10 Å². The Hall–Kier alpha value is -2.64. The quantitative estimate of drug-likeness (QED) is 0.696. The molecular weight excluding hydrogens is 394 g/mol. The van der Waals surface area contributed by atoms with Crippen molar-refractivity contribution in [1.82, 2.24) is 10.3 Å². The Kier molecular flexibility index (Phi) is 6.39. The highest BCUT2D eigenvalue weighted by molar-refractivity contribution is 6.30. The van der Waals surface area contributed by atoms with E-state index in [1.54, 1.807) is 45.2 Å². The number of benzene rings is 1. The lowest BCUT2D eigenvalue weighted by Crippen LogP contribution is -2.51. The highest BCUT2D eigenvalue weighted by Crippen LogP contribution is 2.33. The number of carbonyl (C=O) groups excluding carboxylic acids is 2. The van der Waals surface area contributed by atoms with Gasteiger partial charge < -0.3 is 9.15 Å². The number of hydrogen-bond acceptors (Lipinski definition) is 6. The Morgan fingerprint density at radius 2 is 2.03 bits per heavy atom. The van der Waals surface area contributed by atoms with Gasteiger partial charge in [-0.15, -0.1) is 0 Å². The van der Waals surface area contributed by atoms with Crippen LogP contribution in [0.3, 0.4) is 0 Å². The molecule has 1 unspecified atom stereocenters. The van der Waals surface area contributed by atoms with Crippen LogP contribution in [0.2, 0.25) is 5.02 Å².